The van der Waals surface area contributed by atoms with Crippen molar-refractivity contribution >= 4 is 41.3 Å². The number of hydrogen-bond acceptors (Lipinski definition) is 4. The molecule has 1 unspecified atom stereocenters. The third kappa shape index (κ3) is 7.60. The fourth-order valence-electron chi connectivity index (χ4n) is 2.11. The first-order valence-electron chi connectivity index (χ1n) is 8.25. The van der Waals surface area contributed by atoms with Crippen molar-refractivity contribution in [3.8, 4) is 5.75 Å². The van der Waals surface area contributed by atoms with Crippen LogP contribution in [0.4, 0.5) is 0 Å². The van der Waals surface area contributed by atoms with Crippen LogP contribution in [0.1, 0.15) is 29.4 Å². The topological polar surface area (TPSA) is 58.5 Å². The predicted octanol–water partition coefficient (Wildman–Crippen LogP) is 3.90. The molecule has 0 saturated carbocycles. The smallest absolute Gasteiger partial charge is 0.191 e. The molecule has 2 N–H and O–H groups in total. The summed E-state index contributed by atoms with van der Waals surface area (Å²) in [6.07, 6.45) is 0.0422. The van der Waals surface area contributed by atoms with Gasteiger partial charge in [0.15, 0.2) is 5.96 Å². The number of aromatic nitrogens is 1. The SMILES string of the molecule is CCNC(=NCc1nc(C)c(C)s1)NCC(C)Oc1ccccc1.I. The first-order chi connectivity index (χ1) is 11.6. The number of para-hydroxylation sites is 1. The van der Waals surface area contributed by atoms with Crippen LogP contribution < -0.4 is 15.4 Å². The number of halogens is 1. The van der Waals surface area contributed by atoms with Crippen LogP contribution in [0.25, 0.3) is 0 Å². The third-order valence-corrected chi connectivity index (χ3v) is 4.48. The average molecular weight is 474 g/mol. The molecule has 0 radical (unpaired) electrons. The molecule has 1 heterocycles. The van der Waals surface area contributed by atoms with Crippen LogP contribution >= 0.6 is 35.3 Å². The minimum Gasteiger partial charge on any atom is -0.489 e. The largest absolute Gasteiger partial charge is 0.489 e. The maximum absolute atomic E-state index is 5.87. The van der Waals surface area contributed by atoms with Crippen LogP contribution in [0.5, 0.6) is 5.75 Å². The Bertz CT molecular complexity index is 641. The summed E-state index contributed by atoms with van der Waals surface area (Å²) in [4.78, 5) is 10.4. The zero-order valence-electron chi connectivity index (χ0n) is 15.2. The number of aryl methyl sites for hydroxylation is 2. The molecular weight excluding hydrogens is 447 g/mol. The van der Waals surface area contributed by atoms with Gasteiger partial charge in [0.05, 0.1) is 18.8 Å². The summed E-state index contributed by atoms with van der Waals surface area (Å²) in [7, 11) is 0. The predicted molar refractivity (Wildman–Crippen MR) is 116 cm³/mol. The van der Waals surface area contributed by atoms with E-state index in [2.05, 4.69) is 34.5 Å². The van der Waals surface area contributed by atoms with Crippen molar-refractivity contribution in [1.29, 1.82) is 0 Å². The quantitative estimate of drug-likeness (QED) is 0.363. The minimum atomic E-state index is 0. The molecule has 0 amide bonds. The van der Waals surface area contributed by atoms with Crippen LogP contribution in [0.3, 0.4) is 0 Å². The first kappa shape index (κ1) is 21.7. The van der Waals surface area contributed by atoms with Gasteiger partial charge in [-0.1, -0.05) is 18.2 Å². The molecule has 0 saturated heterocycles. The highest BCUT2D eigenvalue weighted by atomic mass is 127. The molecule has 2 aromatic rings. The summed E-state index contributed by atoms with van der Waals surface area (Å²) in [5.41, 5.74) is 1.09. The number of thiazole rings is 1. The molecule has 1 atom stereocenters. The lowest BCUT2D eigenvalue weighted by Crippen LogP contribution is -2.41. The third-order valence-electron chi connectivity index (χ3n) is 3.43. The zero-order chi connectivity index (χ0) is 17.4. The first-order valence-corrected chi connectivity index (χ1v) is 9.07. The molecule has 0 spiro atoms. The molecule has 5 nitrogen and oxygen atoms in total. The monoisotopic (exact) mass is 474 g/mol. The Hall–Kier alpha value is -1.35. The van der Waals surface area contributed by atoms with Gasteiger partial charge in [-0.3, -0.25) is 0 Å². The highest BCUT2D eigenvalue weighted by Crippen LogP contribution is 2.17. The molecular formula is C18H27IN4OS. The Morgan fingerprint density at radius 3 is 2.56 bits per heavy atom. The molecule has 0 aliphatic rings. The molecule has 138 valence electrons. The fraction of sp³-hybridized carbons (Fsp3) is 0.444. The summed E-state index contributed by atoms with van der Waals surface area (Å²) < 4.78 is 5.87. The number of guanidine groups is 1. The van der Waals surface area contributed by atoms with Gasteiger partial charge in [-0.2, -0.15) is 0 Å². The molecule has 0 aliphatic heterocycles. The van der Waals surface area contributed by atoms with Crippen LogP contribution in [0.15, 0.2) is 35.3 Å². The van der Waals surface area contributed by atoms with Crippen molar-refractivity contribution in [3.05, 3.63) is 45.9 Å². The number of nitrogens with zero attached hydrogens (tertiary/aromatic N) is 2. The number of benzene rings is 1. The number of rotatable bonds is 7. The van der Waals surface area contributed by atoms with Crippen molar-refractivity contribution < 1.29 is 4.74 Å². The van der Waals surface area contributed by atoms with E-state index in [4.69, 9.17) is 4.74 Å². The maximum atomic E-state index is 5.87. The van der Waals surface area contributed by atoms with E-state index in [0.29, 0.717) is 13.1 Å². The lowest BCUT2D eigenvalue weighted by atomic mass is 10.3. The Morgan fingerprint density at radius 1 is 1.24 bits per heavy atom. The summed E-state index contributed by atoms with van der Waals surface area (Å²) in [5, 5.41) is 7.61. The Balaban J connectivity index is 0.00000312. The minimum absolute atomic E-state index is 0. The van der Waals surface area contributed by atoms with Gasteiger partial charge in [0, 0.05) is 11.4 Å². The summed E-state index contributed by atoms with van der Waals surface area (Å²) in [6.45, 7) is 10.3. The number of aliphatic imine (C=N–C) groups is 1. The van der Waals surface area contributed by atoms with Crippen molar-refractivity contribution in [2.75, 3.05) is 13.1 Å². The molecule has 1 aromatic heterocycles. The van der Waals surface area contributed by atoms with Crippen molar-refractivity contribution in [2.24, 2.45) is 4.99 Å². The maximum Gasteiger partial charge on any atom is 0.191 e. The summed E-state index contributed by atoms with van der Waals surface area (Å²) in [5.74, 6) is 1.66. The van der Waals surface area contributed by atoms with E-state index >= 15 is 0 Å². The van der Waals surface area contributed by atoms with Crippen molar-refractivity contribution in [1.82, 2.24) is 15.6 Å². The number of ether oxygens (including phenoxy) is 1. The lowest BCUT2D eigenvalue weighted by Gasteiger charge is -2.17. The fourth-order valence-corrected chi connectivity index (χ4v) is 2.97. The molecule has 0 bridgehead atoms. The van der Waals surface area contributed by atoms with Gasteiger partial charge < -0.3 is 15.4 Å². The van der Waals surface area contributed by atoms with E-state index < -0.39 is 0 Å². The Kier molecular flexibility index (Phi) is 9.81. The second-order valence-corrected chi connectivity index (χ2v) is 6.85. The van der Waals surface area contributed by atoms with E-state index in [0.717, 1.165) is 29.0 Å². The van der Waals surface area contributed by atoms with Gasteiger partial charge in [0.1, 0.15) is 16.9 Å². The summed E-state index contributed by atoms with van der Waals surface area (Å²) in [6, 6.07) is 9.84. The highest BCUT2D eigenvalue weighted by Gasteiger charge is 2.07. The lowest BCUT2D eigenvalue weighted by molar-refractivity contribution is 0.224. The second kappa shape index (κ2) is 11.3. The van der Waals surface area contributed by atoms with Gasteiger partial charge in [-0.05, 0) is 39.8 Å². The van der Waals surface area contributed by atoms with Crippen molar-refractivity contribution in [3.63, 3.8) is 0 Å². The Labute approximate surface area is 171 Å². The zero-order valence-corrected chi connectivity index (χ0v) is 18.4. The van der Waals surface area contributed by atoms with E-state index in [9.17, 15) is 0 Å². The normalized spacial score (nSPS) is 12.2. The van der Waals surface area contributed by atoms with Crippen LogP contribution in [0, 0.1) is 13.8 Å². The van der Waals surface area contributed by atoms with Gasteiger partial charge >= 0.3 is 0 Å². The van der Waals surface area contributed by atoms with Crippen LogP contribution in [-0.4, -0.2) is 30.1 Å². The molecule has 2 rings (SSSR count). The number of nitrogens with one attached hydrogen (secondary N) is 2. The molecule has 25 heavy (non-hydrogen) atoms. The Morgan fingerprint density at radius 2 is 1.96 bits per heavy atom. The van der Waals surface area contributed by atoms with E-state index in [-0.39, 0.29) is 30.1 Å². The van der Waals surface area contributed by atoms with Gasteiger partial charge in [0.25, 0.3) is 0 Å². The molecule has 7 heteroatoms. The highest BCUT2D eigenvalue weighted by molar-refractivity contribution is 14.0. The number of hydrogen-bond donors (Lipinski definition) is 2. The van der Waals surface area contributed by atoms with E-state index in [1.165, 1.54) is 4.88 Å². The van der Waals surface area contributed by atoms with Crippen LogP contribution in [0.2, 0.25) is 0 Å². The standard InChI is InChI=1S/C18H26N4OS.HI/c1-5-19-18(21-12-17-22-14(3)15(4)24-17)20-11-13(2)23-16-9-7-6-8-10-16;/h6-10,13H,5,11-12H2,1-4H3,(H2,19,20,21);1H. The van der Waals surface area contributed by atoms with Gasteiger partial charge in [0.2, 0.25) is 0 Å². The molecule has 1 aromatic carbocycles. The molecule has 0 fully saturated rings. The van der Waals surface area contributed by atoms with Crippen LogP contribution in [-0.2, 0) is 6.54 Å². The van der Waals surface area contributed by atoms with Gasteiger partial charge in [-0.15, -0.1) is 35.3 Å². The molecule has 0 aliphatic carbocycles. The van der Waals surface area contributed by atoms with E-state index in [1.54, 1.807) is 11.3 Å². The average Bonchev–Trinajstić information content (AvgIpc) is 2.89. The summed E-state index contributed by atoms with van der Waals surface area (Å²) >= 11 is 1.70. The van der Waals surface area contributed by atoms with Gasteiger partial charge in [-0.25, -0.2) is 9.98 Å². The van der Waals surface area contributed by atoms with Crippen molar-refractivity contribution in [2.45, 2.75) is 40.3 Å². The second-order valence-electron chi connectivity index (χ2n) is 5.57. The van der Waals surface area contributed by atoms with E-state index in [1.807, 2.05) is 44.2 Å².